The number of carbonyl (C=O) groups is 1. The molecule has 5 heteroatoms. The fraction of sp³-hybridized carbons (Fsp3) is 0.0833. The highest BCUT2D eigenvalue weighted by atomic mass is 16.5. The molecule has 2 aromatic rings. The van der Waals surface area contributed by atoms with Gasteiger partial charge in [-0.15, -0.1) is 5.10 Å². The van der Waals surface area contributed by atoms with Gasteiger partial charge in [0.1, 0.15) is 17.7 Å². The van der Waals surface area contributed by atoms with E-state index < -0.39 is 0 Å². The van der Waals surface area contributed by atoms with E-state index in [2.05, 4.69) is 10.3 Å². The lowest BCUT2D eigenvalue weighted by atomic mass is 10.3. The van der Waals surface area contributed by atoms with E-state index in [1.165, 1.54) is 6.08 Å². The number of methoxy groups -OCH3 is 1. The SMILES string of the molecule is COc1ccc(-n2cc(/C=C/C=O)nn2)cc1. The van der Waals surface area contributed by atoms with Crippen LogP contribution in [0.5, 0.6) is 5.75 Å². The zero-order valence-corrected chi connectivity index (χ0v) is 9.28. The van der Waals surface area contributed by atoms with Crippen molar-refractivity contribution in [1.82, 2.24) is 15.0 Å². The number of rotatable bonds is 4. The van der Waals surface area contributed by atoms with Gasteiger partial charge in [-0.2, -0.15) is 0 Å². The Hall–Kier alpha value is -2.43. The van der Waals surface area contributed by atoms with Crippen molar-refractivity contribution in [2.75, 3.05) is 7.11 Å². The molecule has 0 unspecified atom stereocenters. The summed E-state index contributed by atoms with van der Waals surface area (Å²) in [4.78, 5) is 10.2. The van der Waals surface area contributed by atoms with Gasteiger partial charge in [-0.05, 0) is 36.4 Å². The van der Waals surface area contributed by atoms with Crippen LogP contribution in [0.3, 0.4) is 0 Å². The number of nitrogens with zero attached hydrogens (tertiary/aromatic N) is 3. The molecule has 0 aliphatic carbocycles. The summed E-state index contributed by atoms with van der Waals surface area (Å²) in [5.41, 5.74) is 1.51. The second-order valence-corrected chi connectivity index (χ2v) is 3.28. The van der Waals surface area contributed by atoms with Crippen molar-refractivity contribution in [1.29, 1.82) is 0 Å². The smallest absolute Gasteiger partial charge is 0.142 e. The van der Waals surface area contributed by atoms with Gasteiger partial charge in [0.2, 0.25) is 0 Å². The molecule has 0 bridgehead atoms. The highest BCUT2D eigenvalue weighted by molar-refractivity contribution is 5.72. The number of ether oxygens (including phenoxy) is 1. The third kappa shape index (κ3) is 2.57. The average Bonchev–Trinajstić information content (AvgIpc) is 2.85. The lowest BCUT2D eigenvalue weighted by molar-refractivity contribution is -0.104. The maximum absolute atomic E-state index is 10.2. The zero-order valence-electron chi connectivity index (χ0n) is 9.28. The summed E-state index contributed by atoms with van der Waals surface area (Å²) < 4.78 is 6.70. The molecule has 0 radical (unpaired) electrons. The summed E-state index contributed by atoms with van der Waals surface area (Å²) in [6, 6.07) is 7.44. The standard InChI is InChI=1S/C12H11N3O2/c1-17-12-6-4-11(5-7-12)15-9-10(13-14-15)3-2-8-16/h2-9H,1H3/b3-2+. The van der Waals surface area contributed by atoms with Crippen molar-refractivity contribution >= 4 is 12.4 Å². The third-order valence-corrected chi connectivity index (χ3v) is 2.19. The molecule has 1 heterocycles. The van der Waals surface area contributed by atoms with Crippen LogP contribution in [0.4, 0.5) is 0 Å². The molecule has 86 valence electrons. The molecule has 2 rings (SSSR count). The molecule has 0 spiro atoms. The molecule has 0 saturated carbocycles. The molecule has 0 N–H and O–H groups in total. The Labute approximate surface area is 98.3 Å². The fourth-order valence-corrected chi connectivity index (χ4v) is 1.35. The first-order valence-electron chi connectivity index (χ1n) is 5.02. The van der Waals surface area contributed by atoms with Crippen LogP contribution >= 0.6 is 0 Å². The molecule has 0 aliphatic heterocycles. The fourth-order valence-electron chi connectivity index (χ4n) is 1.35. The maximum atomic E-state index is 10.2. The van der Waals surface area contributed by atoms with Gasteiger partial charge in [0.25, 0.3) is 0 Å². The van der Waals surface area contributed by atoms with Crippen LogP contribution in [0.25, 0.3) is 11.8 Å². The Bertz CT molecular complexity index is 529. The van der Waals surface area contributed by atoms with Crippen LogP contribution in [0.2, 0.25) is 0 Å². The Morgan fingerprint density at radius 3 is 2.71 bits per heavy atom. The van der Waals surface area contributed by atoms with E-state index in [0.717, 1.165) is 11.4 Å². The second-order valence-electron chi connectivity index (χ2n) is 3.28. The first-order chi connectivity index (χ1) is 8.33. The number of benzene rings is 1. The molecule has 0 amide bonds. The van der Waals surface area contributed by atoms with Gasteiger partial charge in [-0.25, -0.2) is 4.68 Å². The number of hydrogen-bond acceptors (Lipinski definition) is 4. The first kappa shape index (κ1) is 11.1. The Morgan fingerprint density at radius 2 is 2.06 bits per heavy atom. The lowest BCUT2D eigenvalue weighted by Crippen LogP contribution is -1.94. The molecular weight excluding hydrogens is 218 g/mol. The van der Waals surface area contributed by atoms with Gasteiger partial charge in [0.15, 0.2) is 0 Å². The van der Waals surface area contributed by atoms with E-state index in [-0.39, 0.29) is 0 Å². The van der Waals surface area contributed by atoms with Crippen molar-refractivity contribution in [3.63, 3.8) is 0 Å². The third-order valence-electron chi connectivity index (χ3n) is 2.19. The quantitative estimate of drug-likeness (QED) is 0.588. The molecule has 0 fully saturated rings. The van der Waals surface area contributed by atoms with Crippen LogP contribution < -0.4 is 4.74 Å². The van der Waals surface area contributed by atoms with Crippen LogP contribution in [0, 0.1) is 0 Å². The minimum Gasteiger partial charge on any atom is -0.497 e. The summed E-state index contributed by atoms with van der Waals surface area (Å²) in [7, 11) is 1.62. The van der Waals surface area contributed by atoms with E-state index in [4.69, 9.17) is 4.74 Å². The highest BCUT2D eigenvalue weighted by Crippen LogP contribution is 2.14. The number of carbonyl (C=O) groups excluding carboxylic acids is 1. The number of aromatic nitrogens is 3. The second kappa shape index (κ2) is 5.07. The molecule has 5 nitrogen and oxygen atoms in total. The van der Waals surface area contributed by atoms with E-state index in [1.54, 1.807) is 24.1 Å². The molecule has 0 aliphatic rings. The zero-order chi connectivity index (χ0) is 12.1. The van der Waals surface area contributed by atoms with Gasteiger partial charge in [0, 0.05) is 0 Å². The molecular formula is C12H11N3O2. The molecule has 1 aromatic heterocycles. The number of hydrogen-bond donors (Lipinski definition) is 0. The predicted octanol–water partition coefficient (Wildman–Crippen LogP) is 1.49. The molecule has 1 aromatic carbocycles. The highest BCUT2D eigenvalue weighted by Gasteiger charge is 2.00. The topological polar surface area (TPSA) is 57.0 Å². The molecule has 17 heavy (non-hydrogen) atoms. The summed E-state index contributed by atoms with van der Waals surface area (Å²) in [6.07, 6.45) is 5.41. The summed E-state index contributed by atoms with van der Waals surface area (Å²) in [5.74, 6) is 0.787. The van der Waals surface area contributed by atoms with Crippen molar-refractivity contribution in [3.8, 4) is 11.4 Å². The van der Waals surface area contributed by atoms with Crippen LogP contribution in [-0.4, -0.2) is 28.4 Å². The Balaban J connectivity index is 2.23. The van der Waals surface area contributed by atoms with E-state index in [0.29, 0.717) is 12.0 Å². The van der Waals surface area contributed by atoms with E-state index in [1.807, 2.05) is 24.3 Å². The normalized spacial score (nSPS) is 10.6. The summed E-state index contributed by atoms with van der Waals surface area (Å²) >= 11 is 0. The molecule has 0 saturated heterocycles. The minimum absolute atomic E-state index is 0.632. The van der Waals surface area contributed by atoms with Gasteiger partial charge in [-0.3, -0.25) is 4.79 Å². The van der Waals surface area contributed by atoms with Crippen LogP contribution in [-0.2, 0) is 4.79 Å². The first-order valence-corrected chi connectivity index (χ1v) is 5.02. The van der Waals surface area contributed by atoms with Gasteiger partial charge >= 0.3 is 0 Å². The van der Waals surface area contributed by atoms with E-state index in [9.17, 15) is 4.79 Å². The lowest BCUT2D eigenvalue weighted by Gasteiger charge is -2.01. The Kier molecular flexibility index (Phi) is 3.30. The van der Waals surface area contributed by atoms with Crippen LogP contribution in [0.15, 0.2) is 36.5 Å². The summed E-state index contributed by atoms with van der Waals surface area (Å²) in [5, 5.41) is 7.86. The van der Waals surface area contributed by atoms with Crippen molar-refractivity contribution in [3.05, 3.63) is 42.2 Å². The van der Waals surface area contributed by atoms with Crippen LogP contribution in [0.1, 0.15) is 5.69 Å². The van der Waals surface area contributed by atoms with Crippen molar-refractivity contribution in [2.45, 2.75) is 0 Å². The van der Waals surface area contributed by atoms with Gasteiger partial charge < -0.3 is 4.74 Å². The number of aldehydes is 1. The van der Waals surface area contributed by atoms with Crippen molar-refractivity contribution in [2.24, 2.45) is 0 Å². The van der Waals surface area contributed by atoms with Crippen molar-refractivity contribution < 1.29 is 9.53 Å². The van der Waals surface area contributed by atoms with Gasteiger partial charge in [-0.1, -0.05) is 5.21 Å². The number of allylic oxidation sites excluding steroid dienone is 1. The summed E-state index contributed by atoms with van der Waals surface area (Å²) in [6.45, 7) is 0. The Morgan fingerprint density at radius 1 is 1.29 bits per heavy atom. The van der Waals surface area contributed by atoms with Gasteiger partial charge in [0.05, 0.1) is 19.0 Å². The average molecular weight is 229 g/mol. The van der Waals surface area contributed by atoms with E-state index >= 15 is 0 Å². The minimum atomic E-state index is 0.632. The maximum Gasteiger partial charge on any atom is 0.142 e. The molecule has 0 atom stereocenters. The predicted molar refractivity (Wildman–Crippen MR) is 63.0 cm³/mol. The largest absolute Gasteiger partial charge is 0.497 e. The monoisotopic (exact) mass is 229 g/mol.